The summed E-state index contributed by atoms with van der Waals surface area (Å²) in [4.78, 5) is 28.5. The number of halogens is 1. The number of ether oxygens (including phenoxy) is 2. The fraction of sp³-hybridized carbons (Fsp3) is 0.633. The molecule has 40 heavy (non-hydrogen) atoms. The van der Waals surface area contributed by atoms with E-state index in [1.54, 1.807) is 11.1 Å². The van der Waals surface area contributed by atoms with Crippen molar-refractivity contribution in [1.82, 2.24) is 25.1 Å². The van der Waals surface area contributed by atoms with Crippen molar-refractivity contribution in [2.45, 2.75) is 58.1 Å². The van der Waals surface area contributed by atoms with Crippen molar-refractivity contribution in [1.29, 1.82) is 0 Å². The van der Waals surface area contributed by atoms with E-state index < -0.39 is 5.82 Å². The number of hydrogen-bond donors (Lipinski definition) is 1. The van der Waals surface area contributed by atoms with Crippen molar-refractivity contribution in [3.05, 3.63) is 42.1 Å². The lowest BCUT2D eigenvalue weighted by Crippen LogP contribution is -2.62. The minimum atomic E-state index is -0.479. The van der Waals surface area contributed by atoms with Crippen molar-refractivity contribution in [3.63, 3.8) is 0 Å². The van der Waals surface area contributed by atoms with Crippen LogP contribution in [0.25, 0.3) is 0 Å². The van der Waals surface area contributed by atoms with Gasteiger partial charge in [0.05, 0.1) is 17.4 Å². The number of amides is 1. The molecule has 1 aromatic heterocycles. The first kappa shape index (κ1) is 28.7. The van der Waals surface area contributed by atoms with Crippen LogP contribution in [0, 0.1) is 11.2 Å². The van der Waals surface area contributed by atoms with Gasteiger partial charge in [-0.25, -0.2) is 14.4 Å². The number of nitrogens with one attached hydrogen (secondary N) is 1. The van der Waals surface area contributed by atoms with Gasteiger partial charge in [0.15, 0.2) is 11.6 Å². The van der Waals surface area contributed by atoms with Gasteiger partial charge < -0.3 is 29.5 Å². The Balaban J connectivity index is 1.25. The number of aromatic nitrogens is 2. The number of hydrogen-bond acceptors (Lipinski definition) is 8. The van der Waals surface area contributed by atoms with Gasteiger partial charge in [0.1, 0.15) is 17.9 Å². The van der Waals surface area contributed by atoms with Crippen LogP contribution in [0.1, 0.15) is 56.8 Å². The predicted molar refractivity (Wildman–Crippen MR) is 153 cm³/mol. The maximum Gasteiger partial charge on any atom is 0.257 e. The van der Waals surface area contributed by atoms with Gasteiger partial charge in [0.25, 0.3) is 5.91 Å². The molecule has 5 rings (SSSR count). The Morgan fingerprint density at radius 2 is 1.88 bits per heavy atom. The molecule has 0 aliphatic carbocycles. The summed E-state index contributed by atoms with van der Waals surface area (Å²) in [7, 11) is 1.86. The zero-order valence-electron chi connectivity index (χ0n) is 24.3. The molecule has 3 aliphatic rings. The highest BCUT2D eigenvalue weighted by atomic mass is 19.1. The molecule has 3 fully saturated rings. The molecule has 0 saturated carbocycles. The van der Waals surface area contributed by atoms with Crippen LogP contribution in [0.4, 0.5) is 10.2 Å². The predicted octanol–water partition coefficient (Wildman–Crippen LogP) is 3.95. The van der Waals surface area contributed by atoms with Crippen LogP contribution in [0.3, 0.4) is 0 Å². The maximum absolute atomic E-state index is 14.2. The fourth-order valence-electron chi connectivity index (χ4n) is 6.53. The standard InChI is InChI=1S/C30H43FN6O3/c1-5-37(22(2)3)28(38)24-16-23(31)6-7-25(24)40-26-17-33-21-34-27(26)36-18-29(19-36)10-14-35(15-11-29)20-30(39-4)8-12-32-13-9-30/h6-7,16-17,21-22,32H,5,8-15,18-20H2,1-4H3. The van der Waals surface area contributed by atoms with E-state index in [0.717, 1.165) is 71.5 Å². The smallest absolute Gasteiger partial charge is 0.257 e. The second-order valence-corrected chi connectivity index (χ2v) is 11.9. The van der Waals surface area contributed by atoms with E-state index in [1.165, 1.54) is 24.5 Å². The Morgan fingerprint density at radius 3 is 2.52 bits per heavy atom. The number of nitrogens with zero attached hydrogens (tertiary/aromatic N) is 5. The van der Waals surface area contributed by atoms with E-state index in [1.807, 2.05) is 27.9 Å². The lowest BCUT2D eigenvalue weighted by atomic mass is 9.71. The molecule has 0 radical (unpaired) electrons. The molecule has 1 amide bonds. The molecule has 10 heteroatoms. The molecule has 3 aliphatic heterocycles. The molecule has 1 spiro atoms. The minimum absolute atomic E-state index is 0.0207. The Morgan fingerprint density at radius 1 is 1.15 bits per heavy atom. The Bertz CT molecular complexity index is 1170. The lowest BCUT2D eigenvalue weighted by Gasteiger charge is -2.55. The number of carbonyl (C=O) groups excluding carboxylic acids is 1. The molecule has 2 aromatic rings. The van der Waals surface area contributed by atoms with Crippen molar-refractivity contribution in [3.8, 4) is 11.5 Å². The van der Waals surface area contributed by atoms with E-state index in [2.05, 4.69) is 25.1 Å². The fourth-order valence-corrected chi connectivity index (χ4v) is 6.53. The molecule has 9 nitrogen and oxygen atoms in total. The lowest BCUT2D eigenvalue weighted by molar-refractivity contribution is -0.0677. The number of benzene rings is 1. The largest absolute Gasteiger partial charge is 0.451 e. The first-order chi connectivity index (χ1) is 19.3. The molecule has 3 saturated heterocycles. The summed E-state index contributed by atoms with van der Waals surface area (Å²) >= 11 is 0. The molecule has 0 atom stereocenters. The zero-order chi connectivity index (χ0) is 28.3. The van der Waals surface area contributed by atoms with Crippen LogP contribution in [-0.4, -0.2) is 96.8 Å². The quantitative estimate of drug-likeness (QED) is 0.499. The number of methoxy groups -OCH3 is 1. The average Bonchev–Trinajstić information content (AvgIpc) is 2.94. The van der Waals surface area contributed by atoms with Crippen molar-refractivity contribution in [2.24, 2.45) is 5.41 Å². The third-order valence-electron chi connectivity index (χ3n) is 9.00. The first-order valence-electron chi connectivity index (χ1n) is 14.6. The van der Waals surface area contributed by atoms with Crippen LogP contribution in [-0.2, 0) is 4.74 Å². The topological polar surface area (TPSA) is 83.1 Å². The summed E-state index contributed by atoms with van der Waals surface area (Å²) in [6, 6.07) is 4.05. The molecule has 0 bridgehead atoms. The van der Waals surface area contributed by atoms with Crippen LogP contribution in [0.15, 0.2) is 30.7 Å². The van der Waals surface area contributed by atoms with Gasteiger partial charge in [-0.1, -0.05) is 0 Å². The van der Waals surface area contributed by atoms with E-state index in [-0.39, 0.29) is 28.5 Å². The maximum atomic E-state index is 14.2. The van der Waals surface area contributed by atoms with Crippen LogP contribution in [0.5, 0.6) is 11.5 Å². The highest BCUT2D eigenvalue weighted by Crippen LogP contribution is 2.45. The second kappa shape index (κ2) is 12.0. The van der Waals surface area contributed by atoms with Crippen molar-refractivity contribution >= 4 is 11.7 Å². The van der Waals surface area contributed by atoms with Gasteiger partial charge in [-0.3, -0.25) is 4.79 Å². The van der Waals surface area contributed by atoms with E-state index in [9.17, 15) is 9.18 Å². The normalized spacial score (nSPS) is 20.4. The highest BCUT2D eigenvalue weighted by molar-refractivity contribution is 5.97. The Kier molecular flexibility index (Phi) is 8.58. The summed E-state index contributed by atoms with van der Waals surface area (Å²) in [6.07, 6.45) is 7.54. The third kappa shape index (κ3) is 5.94. The summed E-state index contributed by atoms with van der Waals surface area (Å²) in [5.41, 5.74) is 0.432. The van der Waals surface area contributed by atoms with Crippen LogP contribution < -0.4 is 15.0 Å². The Labute approximate surface area is 237 Å². The number of carbonyl (C=O) groups is 1. The highest BCUT2D eigenvalue weighted by Gasteiger charge is 2.47. The van der Waals surface area contributed by atoms with Gasteiger partial charge in [-0.05, 0) is 90.8 Å². The van der Waals surface area contributed by atoms with Gasteiger partial charge in [-0.15, -0.1) is 0 Å². The molecule has 4 heterocycles. The molecular weight excluding hydrogens is 511 g/mol. The second-order valence-electron chi connectivity index (χ2n) is 11.9. The number of anilines is 1. The van der Waals surface area contributed by atoms with Crippen LogP contribution in [0.2, 0.25) is 0 Å². The monoisotopic (exact) mass is 554 g/mol. The molecule has 1 N–H and O–H groups in total. The first-order valence-corrected chi connectivity index (χ1v) is 14.6. The molecule has 218 valence electrons. The van der Waals surface area contributed by atoms with E-state index in [0.29, 0.717) is 23.9 Å². The summed E-state index contributed by atoms with van der Waals surface area (Å²) in [5, 5.41) is 3.45. The van der Waals surface area contributed by atoms with Gasteiger partial charge in [0, 0.05) is 44.7 Å². The molecule has 0 unspecified atom stereocenters. The van der Waals surface area contributed by atoms with E-state index in [4.69, 9.17) is 9.47 Å². The average molecular weight is 555 g/mol. The Hall–Kier alpha value is -2.82. The summed E-state index contributed by atoms with van der Waals surface area (Å²) in [6.45, 7) is 13.3. The summed E-state index contributed by atoms with van der Waals surface area (Å²) < 4.78 is 26.5. The van der Waals surface area contributed by atoms with E-state index >= 15 is 0 Å². The minimum Gasteiger partial charge on any atom is -0.451 e. The van der Waals surface area contributed by atoms with Crippen molar-refractivity contribution in [2.75, 3.05) is 64.4 Å². The number of rotatable bonds is 9. The van der Waals surface area contributed by atoms with Gasteiger partial charge in [-0.2, -0.15) is 0 Å². The zero-order valence-corrected chi connectivity index (χ0v) is 24.3. The SMILES string of the molecule is CCN(C(=O)c1cc(F)ccc1Oc1cncnc1N1CC2(CCN(CC3(OC)CCNCC3)CC2)C1)C(C)C. The van der Waals surface area contributed by atoms with Gasteiger partial charge >= 0.3 is 0 Å². The third-order valence-corrected chi connectivity index (χ3v) is 9.00. The molecule has 1 aromatic carbocycles. The van der Waals surface area contributed by atoms with Crippen molar-refractivity contribution < 1.29 is 18.7 Å². The van der Waals surface area contributed by atoms with Crippen LogP contribution >= 0.6 is 0 Å². The number of likely N-dealkylation sites (tertiary alicyclic amines) is 1. The van der Waals surface area contributed by atoms with Gasteiger partial charge in [0.2, 0.25) is 0 Å². The number of piperidine rings is 2. The summed E-state index contributed by atoms with van der Waals surface area (Å²) in [5.74, 6) is 0.730. The molecular formula is C30H43FN6O3.